The van der Waals surface area contributed by atoms with Crippen LogP contribution >= 0.6 is 15.9 Å². The first kappa shape index (κ1) is 14.0. The van der Waals surface area contributed by atoms with Crippen LogP contribution in [0.4, 0.5) is 5.69 Å². The van der Waals surface area contributed by atoms with E-state index in [-0.39, 0.29) is 0 Å². The molecule has 0 amide bonds. The third-order valence-corrected chi connectivity index (χ3v) is 4.05. The van der Waals surface area contributed by atoms with Gasteiger partial charge in [-0.05, 0) is 48.5 Å². The number of aromatic nitrogens is 2. The fourth-order valence-electron chi connectivity index (χ4n) is 2.37. The second-order valence-corrected chi connectivity index (χ2v) is 6.10. The van der Waals surface area contributed by atoms with Crippen molar-refractivity contribution in [2.24, 2.45) is 0 Å². The smallest absolute Gasteiger partial charge is 0.258 e. The van der Waals surface area contributed by atoms with Gasteiger partial charge in [0.2, 0.25) is 5.82 Å². The van der Waals surface area contributed by atoms with Gasteiger partial charge in [-0.3, -0.25) is 0 Å². The van der Waals surface area contributed by atoms with E-state index < -0.39 is 0 Å². The maximum Gasteiger partial charge on any atom is 0.258 e. The highest BCUT2D eigenvalue weighted by atomic mass is 79.9. The van der Waals surface area contributed by atoms with Crippen LogP contribution in [0.25, 0.3) is 23.1 Å². The van der Waals surface area contributed by atoms with Gasteiger partial charge in [0.1, 0.15) is 12.4 Å². The zero-order chi connectivity index (χ0) is 15.8. The molecule has 1 aromatic heterocycles. The Balaban J connectivity index is 1.68. The van der Waals surface area contributed by atoms with Crippen molar-refractivity contribution in [3.05, 3.63) is 58.3 Å². The largest absolute Gasteiger partial charge is 0.488 e. The van der Waals surface area contributed by atoms with Crippen molar-refractivity contribution in [3.8, 4) is 17.2 Å². The molecule has 3 aromatic rings. The number of nitrogens with two attached hydrogens (primary N) is 1. The summed E-state index contributed by atoms with van der Waals surface area (Å²) >= 11 is 3.46. The van der Waals surface area contributed by atoms with E-state index in [4.69, 9.17) is 15.0 Å². The Morgan fingerprint density at radius 1 is 1.09 bits per heavy atom. The first-order chi connectivity index (χ1) is 11.2. The van der Waals surface area contributed by atoms with Crippen molar-refractivity contribution >= 4 is 33.3 Å². The first-order valence-corrected chi connectivity index (χ1v) is 7.81. The molecule has 0 saturated heterocycles. The fourth-order valence-corrected chi connectivity index (χ4v) is 2.75. The predicted octanol–water partition coefficient (Wildman–Crippen LogP) is 4.01. The van der Waals surface area contributed by atoms with E-state index >= 15 is 0 Å². The fraction of sp³-hybridized carbons (Fsp3) is 0.0588. The molecule has 6 heteroatoms. The maximum atomic E-state index is 5.75. The molecule has 4 rings (SSSR count). The molecule has 0 spiro atoms. The summed E-state index contributed by atoms with van der Waals surface area (Å²) in [7, 11) is 0. The number of halogens is 1. The summed E-state index contributed by atoms with van der Waals surface area (Å²) < 4.78 is 12.1. The third kappa shape index (κ3) is 2.73. The number of nitrogens with zero attached hydrogens (tertiary/aromatic N) is 2. The lowest BCUT2D eigenvalue weighted by molar-refractivity contribution is 0.363. The Labute approximate surface area is 140 Å². The number of nitrogen functional groups attached to an aromatic ring is 1. The molecule has 0 saturated carbocycles. The Morgan fingerprint density at radius 2 is 1.91 bits per heavy atom. The molecule has 0 atom stereocenters. The van der Waals surface area contributed by atoms with Gasteiger partial charge in [0.15, 0.2) is 0 Å². The summed E-state index contributed by atoms with van der Waals surface area (Å²) in [6, 6.07) is 13.2. The number of rotatable bonds is 2. The lowest BCUT2D eigenvalue weighted by Crippen LogP contribution is -2.07. The van der Waals surface area contributed by atoms with Gasteiger partial charge < -0.3 is 15.0 Å². The van der Waals surface area contributed by atoms with Crippen molar-refractivity contribution in [1.82, 2.24) is 10.1 Å². The molecule has 0 fully saturated rings. The Kier molecular flexibility index (Phi) is 3.38. The average molecular weight is 370 g/mol. The van der Waals surface area contributed by atoms with E-state index in [2.05, 4.69) is 26.1 Å². The van der Waals surface area contributed by atoms with E-state index in [1.165, 1.54) is 0 Å². The molecule has 2 heterocycles. The summed E-state index contributed by atoms with van der Waals surface area (Å²) in [6.07, 6.45) is 2.02. The molecule has 0 unspecified atom stereocenters. The van der Waals surface area contributed by atoms with Crippen LogP contribution in [0, 0.1) is 0 Å². The van der Waals surface area contributed by atoms with Gasteiger partial charge in [0.25, 0.3) is 5.89 Å². The van der Waals surface area contributed by atoms with E-state index in [0.29, 0.717) is 24.0 Å². The van der Waals surface area contributed by atoms with Crippen molar-refractivity contribution in [2.45, 2.75) is 0 Å². The summed E-state index contributed by atoms with van der Waals surface area (Å²) in [5, 5.41) is 4.06. The van der Waals surface area contributed by atoms with Gasteiger partial charge >= 0.3 is 0 Å². The Morgan fingerprint density at radius 3 is 2.74 bits per heavy atom. The minimum atomic E-state index is 0.412. The number of benzene rings is 2. The highest BCUT2D eigenvalue weighted by Gasteiger charge is 2.18. The lowest BCUT2D eigenvalue weighted by atomic mass is 10.1. The van der Waals surface area contributed by atoms with Crippen LogP contribution in [-0.4, -0.2) is 16.7 Å². The van der Waals surface area contributed by atoms with Crippen LogP contribution in [0.1, 0.15) is 11.4 Å². The first-order valence-electron chi connectivity index (χ1n) is 7.02. The number of fused-ring (bicyclic) bond motifs is 1. The maximum absolute atomic E-state index is 5.75. The number of hydrogen-bond acceptors (Lipinski definition) is 5. The van der Waals surface area contributed by atoms with Crippen LogP contribution in [0.15, 0.2) is 51.5 Å². The number of ether oxygens (including phenoxy) is 1. The van der Waals surface area contributed by atoms with E-state index in [1.807, 2.05) is 36.4 Å². The monoisotopic (exact) mass is 369 g/mol. The van der Waals surface area contributed by atoms with Gasteiger partial charge in [-0.2, -0.15) is 4.98 Å². The summed E-state index contributed by atoms with van der Waals surface area (Å²) in [4.78, 5) is 4.45. The van der Waals surface area contributed by atoms with Crippen molar-refractivity contribution < 1.29 is 9.26 Å². The van der Waals surface area contributed by atoms with Crippen LogP contribution in [0.5, 0.6) is 5.75 Å². The van der Waals surface area contributed by atoms with Crippen LogP contribution < -0.4 is 10.5 Å². The molecule has 2 N–H and O–H groups in total. The number of anilines is 1. The quantitative estimate of drug-likeness (QED) is 0.690. The van der Waals surface area contributed by atoms with Crippen LogP contribution in [0.2, 0.25) is 0 Å². The Hall–Kier alpha value is -2.60. The van der Waals surface area contributed by atoms with E-state index in [0.717, 1.165) is 26.9 Å². The minimum absolute atomic E-state index is 0.412. The van der Waals surface area contributed by atoms with Crippen LogP contribution in [-0.2, 0) is 0 Å². The summed E-state index contributed by atoms with van der Waals surface area (Å²) in [6.45, 7) is 0.412. The zero-order valence-corrected chi connectivity index (χ0v) is 13.6. The van der Waals surface area contributed by atoms with Gasteiger partial charge in [-0.1, -0.05) is 21.1 Å². The molecule has 1 aliphatic rings. The third-order valence-electron chi connectivity index (χ3n) is 3.56. The molecule has 0 bridgehead atoms. The summed E-state index contributed by atoms with van der Waals surface area (Å²) in [5.41, 5.74) is 9.08. The van der Waals surface area contributed by atoms with E-state index in [9.17, 15) is 0 Å². The van der Waals surface area contributed by atoms with Crippen molar-refractivity contribution in [2.75, 3.05) is 12.3 Å². The Bertz CT molecular complexity index is 900. The lowest BCUT2D eigenvalue weighted by Gasteiger charge is -2.16. The van der Waals surface area contributed by atoms with Gasteiger partial charge in [0.05, 0.1) is 0 Å². The second-order valence-electron chi connectivity index (χ2n) is 5.19. The van der Waals surface area contributed by atoms with Crippen molar-refractivity contribution in [1.29, 1.82) is 0 Å². The summed E-state index contributed by atoms with van der Waals surface area (Å²) in [5.74, 6) is 1.84. The standard InChI is InChI=1S/C17H12BrN3O2/c18-13-3-6-15-11(8-13)7-12(9-22-15)16-20-17(23-21-16)10-1-4-14(19)5-2-10/h1-8H,9,19H2. The molecule has 114 valence electrons. The van der Waals surface area contributed by atoms with Gasteiger partial charge in [0, 0.05) is 26.9 Å². The SMILES string of the molecule is Nc1ccc(-c2nc(C3=Cc4cc(Br)ccc4OC3)no2)cc1. The average Bonchev–Trinajstić information content (AvgIpc) is 3.05. The molecule has 1 aliphatic heterocycles. The normalized spacial score (nSPS) is 13.2. The molecular formula is C17H12BrN3O2. The van der Waals surface area contributed by atoms with E-state index in [1.54, 1.807) is 12.1 Å². The molecule has 0 aliphatic carbocycles. The molecule has 0 radical (unpaired) electrons. The van der Waals surface area contributed by atoms with Gasteiger partial charge in [-0.25, -0.2) is 0 Å². The zero-order valence-electron chi connectivity index (χ0n) is 12.0. The van der Waals surface area contributed by atoms with Crippen molar-refractivity contribution in [3.63, 3.8) is 0 Å². The highest BCUT2D eigenvalue weighted by Crippen LogP contribution is 2.32. The molecular weight excluding hydrogens is 358 g/mol. The second kappa shape index (κ2) is 5.55. The topological polar surface area (TPSA) is 74.2 Å². The highest BCUT2D eigenvalue weighted by molar-refractivity contribution is 9.10. The molecule has 23 heavy (non-hydrogen) atoms. The predicted molar refractivity (Wildman–Crippen MR) is 91.7 cm³/mol. The number of hydrogen-bond donors (Lipinski definition) is 1. The molecule has 2 aromatic carbocycles. The van der Waals surface area contributed by atoms with Crippen LogP contribution in [0.3, 0.4) is 0 Å². The minimum Gasteiger partial charge on any atom is -0.488 e. The molecule has 5 nitrogen and oxygen atoms in total. The van der Waals surface area contributed by atoms with Gasteiger partial charge in [-0.15, -0.1) is 0 Å².